The fraction of sp³-hybridized carbons (Fsp3) is 0.278. The van der Waals surface area contributed by atoms with E-state index in [9.17, 15) is 4.79 Å². The number of benzene rings is 1. The molecule has 0 N–H and O–H groups in total. The highest BCUT2D eigenvalue weighted by atomic mass is 16.2. The van der Waals surface area contributed by atoms with E-state index in [0.29, 0.717) is 18.3 Å². The second-order valence-electron chi connectivity index (χ2n) is 6.17. The third-order valence-electron chi connectivity index (χ3n) is 4.45. The Morgan fingerprint density at radius 2 is 1.96 bits per heavy atom. The van der Waals surface area contributed by atoms with Gasteiger partial charge in [0, 0.05) is 31.4 Å². The number of hydrogen-bond acceptors (Lipinski definition) is 5. The van der Waals surface area contributed by atoms with Crippen molar-refractivity contribution in [3.63, 3.8) is 0 Å². The molecule has 1 fully saturated rings. The van der Waals surface area contributed by atoms with Crippen molar-refractivity contribution in [2.24, 2.45) is 5.92 Å². The standard InChI is InChI=1S/C18H18N6O/c25-18(15-6-2-1-3-7-15)23-11-9-14(12-23)13-24-17(20-21-22-24)16-8-4-5-10-19-16/h1-8,10,14H,9,11-13H2/t14-/m1/s1. The van der Waals surface area contributed by atoms with Crippen LogP contribution in [-0.2, 0) is 6.54 Å². The number of carbonyl (C=O) groups excluding carboxylic acids is 1. The van der Waals surface area contributed by atoms with Crippen molar-refractivity contribution in [3.8, 4) is 11.5 Å². The molecule has 0 saturated carbocycles. The van der Waals surface area contributed by atoms with Gasteiger partial charge in [-0.15, -0.1) is 5.10 Å². The molecule has 3 aromatic rings. The lowest BCUT2D eigenvalue weighted by atomic mass is 10.1. The van der Waals surface area contributed by atoms with Crippen molar-refractivity contribution in [2.75, 3.05) is 13.1 Å². The van der Waals surface area contributed by atoms with Crippen molar-refractivity contribution in [1.82, 2.24) is 30.1 Å². The van der Waals surface area contributed by atoms with Gasteiger partial charge in [0.1, 0.15) is 5.69 Å². The average Bonchev–Trinajstić information content (AvgIpc) is 3.33. The van der Waals surface area contributed by atoms with E-state index < -0.39 is 0 Å². The minimum Gasteiger partial charge on any atom is -0.338 e. The van der Waals surface area contributed by atoms with Crippen LogP contribution in [0.5, 0.6) is 0 Å². The van der Waals surface area contributed by atoms with E-state index >= 15 is 0 Å². The maximum absolute atomic E-state index is 12.6. The van der Waals surface area contributed by atoms with Gasteiger partial charge in [-0.3, -0.25) is 9.78 Å². The summed E-state index contributed by atoms with van der Waals surface area (Å²) in [6, 6.07) is 15.1. The van der Waals surface area contributed by atoms with E-state index in [1.165, 1.54) is 0 Å². The quantitative estimate of drug-likeness (QED) is 0.728. The summed E-state index contributed by atoms with van der Waals surface area (Å²) >= 11 is 0. The van der Waals surface area contributed by atoms with Crippen molar-refractivity contribution < 1.29 is 4.79 Å². The van der Waals surface area contributed by atoms with Crippen molar-refractivity contribution >= 4 is 5.91 Å². The number of carbonyl (C=O) groups is 1. The van der Waals surface area contributed by atoms with Crippen LogP contribution in [0.15, 0.2) is 54.7 Å². The predicted molar refractivity (Wildman–Crippen MR) is 91.5 cm³/mol. The predicted octanol–water partition coefficient (Wildman–Crippen LogP) is 1.90. The highest BCUT2D eigenvalue weighted by Crippen LogP contribution is 2.22. The topological polar surface area (TPSA) is 76.8 Å². The van der Waals surface area contributed by atoms with Crippen LogP contribution in [-0.4, -0.2) is 49.1 Å². The van der Waals surface area contributed by atoms with Gasteiger partial charge in [-0.2, -0.15) is 0 Å². The number of aromatic nitrogens is 5. The molecule has 126 valence electrons. The molecule has 25 heavy (non-hydrogen) atoms. The van der Waals surface area contributed by atoms with E-state index in [4.69, 9.17) is 0 Å². The van der Waals surface area contributed by atoms with Crippen LogP contribution < -0.4 is 0 Å². The Labute approximate surface area is 145 Å². The van der Waals surface area contributed by atoms with Gasteiger partial charge in [-0.25, -0.2) is 4.68 Å². The molecule has 0 unspecified atom stereocenters. The average molecular weight is 334 g/mol. The Morgan fingerprint density at radius 1 is 1.12 bits per heavy atom. The van der Waals surface area contributed by atoms with Crippen LogP contribution in [0, 0.1) is 5.92 Å². The molecule has 1 aromatic carbocycles. The molecular formula is C18H18N6O. The van der Waals surface area contributed by atoms with Gasteiger partial charge in [-0.05, 0) is 47.0 Å². The molecule has 0 bridgehead atoms. The first-order valence-electron chi connectivity index (χ1n) is 8.33. The van der Waals surface area contributed by atoms with Crippen molar-refractivity contribution in [2.45, 2.75) is 13.0 Å². The summed E-state index contributed by atoms with van der Waals surface area (Å²) in [4.78, 5) is 18.8. The summed E-state index contributed by atoms with van der Waals surface area (Å²) in [6.45, 7) is 2.16. The molecule has 0 radical (unpaired) electrons. The maximum atomic E-state index is 12.6. The van der Waals surface area contributed by atoms with E-state index in [1.54, 1.807) is 10.9 Å². The summed E-state index contributed by atoms with van der Waals surface area (Å²) in [7, 11) is 0. The SMILES string of the molecule is O=C(c1ccccc1)N1CC[C@@H](Cn2nnnc2-c2ccccn2)C1. The summed E-state index contributed by atoms with van der Waals surface area (Å²) < 4.78 is 1.78. The zero-order chi connectivity index (χ0) is 17.1. The van der Waals surface area contributed by atoms with Gasteiger partial charge in [-0.1, -0.05) is 24.3 Å². The van der Waals surface area contributed by atoms with Crippen molar-refractivity contribution in [1.29, 1.82) is 0 Å². The van der Waals surface area contributed by atoms with Crippen LogP contribution in [0.4, 0.5) is 0 Å². The first-order chi connectivity index (χ1) is 12.3. The lowest BCUT2D eigenvalue weighted by molar-refractivity contribution is 0.0785. The smallest absolute Gasteiger partial charge is 0.253 e. The van der Waals surface area contributed by atoms with E-state index in [0.717, 1.165) is 30.8 Å². The van der Waals surface area contributed by atoms with E-state index in [1.807, 2.05) is 53.4 Å². The Kier molecular flexibility index (Phi) is 4.20. The summed E-state index contributed by atoms with van der Waals surface area (Å²) in [5.41, 5.74) is 1.49. The molecule has 7 nitrogen and oxygen atoms in total. The normalized spacial score (nSPS) is 17.0. The van der Waals surface area contributed by atoms with E-state index in [2.05, 4.69) is 20.5 Å². The molecule has 0 aliphatic carbocycles. The molecular weight excluding hydrogens is 316 g/mol. The zero-order valence-corrected chi connectivity index (χ0v) is 13.7. The van der Waals surface area contributed by atoms with Crippen LogP contribution >= 0.6 is 0 Å². The number of tetrazole rings is 1. The third kappa shape index (κ3) is 3.26. The maximum Gasteiger partial charge on any atom is 0.253 e. The monoisotopic (exact) mass is 334 g/mol. The number of hydrogen-bond donors (Lipinski definition) is 0. The fourth-order valence-electron chi connectivity index (χ4n) is 3.18. The molecule has 4 rings (SSSR count). The molecule has 1 aliphatic heterocycles. The van der Waals surface area contributed by atoms with Gasteiger partial charge >= 0.3 is 0 Å². The van der Waals surface area contributed by atoms with Gasteiger partial charge in [0.25, 0.3) is 5.91 Å². The largest absolute Gasteiger partial charge is 0.338 e. The molecule has 2 aromatic heterocycles. The molecule has 3 heterocycles. The lowest BCUT2D eigenvalue weighted by Crippen LogP contribution is -2.29. The second kappa shape index (κ2) is 6.80. The number of rotatable bonds is 4. The van der Waals surface area contributed by atoms with Crippen LogP contribution in [0.1, 0.15) is 16.8 Å². The number of amides is 1. The van der Waals surface area contributed by atoms with E-state index in [-0.39, 0.29) is 5.91 Å². The Hall–Kier alpha value is -3.09. The van der Waals surface area contributed by atoms with Crippen LogP contribution in [0.25, 0.3) is 11.5 Å². The zero-order valence-electron chi connectivity index (χ0n) is 13.7. The molecule has 1 aliphatic rings. The first kappa shape index (κ1) is 15.4. The highest BCUT2D eigenvalue weighted by Gasteiger charge is 2.28. The van der Waals surface area contributed by atoms with Crippen molar-refractivity contribution in [3.05, 3.63) is 60.3 Å². The number of nitrogens with zero attached hydrogens (tertiary/aromatic N) is 6. The fourth-order valence-corrected chi connectivity index (χ4v) is 3.18. The second-order valence-corrected chi connectivity index (χ2v) is 6.17. The van der Waals surface area contributed by atoms with Crippen LogP contribution in [0.3, 0.4) is 0 Å². The highest BCUT2D eigenvalue weighted by molar-refractivity contribution is 5.94. The minimum atomic E-state index is 0.0877. The number of pyridine rings is 1. The van der Waals surface area contributed by atoms with Crippen LogP contribution in [0.2, 0.25) is 0 Å². The van der Waals surface area contributed by atoms with Gasteiger partial charge in [0.05, 0.1) is 0 Å². The molecule has 1 atom stereocenters. The third-order valence-corrected chi connectivity index (χ3v) is 4.45. The van der Waals surface area contributed by atoms with Gasteiger partial charge in [0.2, 0.25) is 5.82 Å². The Bertz CT molecular complexity index is 848. The molecule has 1 saturated heterocycles. The molecule has 0 spiro atoms. The Morgan fingerprint density at radius 3 is 2.76 bits per heavy atom. The summed E-state index contributed by atoms with van der Waals surface area (Å²) in [5.74, 6) is 1.08. The minimum absolute atomic E-state index is 0.0877. The lowest BCUT2D eigenvalue weighted by Gasteiger charge is -2.16. The summed E-state index contributed by atoms with van der Waals surface area (Å²) in [5, 5.41) is 12.0. The molecule has 7 heteroatoms. The first-order valence-corrected chi connectivity index (χ1v) is 8.33. The number of likely N-dealkylation sites (tertiary alicyclic amines) is 1. The van der Waals surface area contributed by atoms with Gasteiger partial charge in [0.15, 0.2) is 0 Å². The van der Waals surface area contributed by atoms with Gasteiger partial charge < -0.3 is 4.90 Å². The molecule has 1 amide bonds. The Balaban J connectivity index is 1.44. The summed E-state index contributed by atoms with van der Waals surface area (Å²) in [6.07, 6.45) is 2.67.